The summed E-state index contributed by atoms with van der Waals surface area (Å²) in [7, 11) is 0. The van der Waals surface area contributed by atoms with E-state index < -0.39 is 12.0 Å². The van der Waals surface area contributed by atoms with Crippen LogP contribution in [-0.2, 0) is 4.79 Å². The maximum atomic E-state index is 11.1. The van der Waals surface area contributed by atoms with Crippen molar-refractivity contribution in [1.82, 2.24) is 5.32 Å². The molecule has 0 fully saturated rings. The number of rotatable bonds is 6. The summed E-state index contributed by atoms with van der Waals surface area (Å²) in [4.78, 5) is 11.1. The third-order valence-electron chi connectivity index (χ3n) is 3.00. The van der Waals surface area contributed by atoms with Crippen LogP contribution in [-0.4, -0.2) is 29.8 Å². The van der Waals surface area contributed by atoms with E-state index in [4.69, 9.17) is 9.84 Å². The van der Waals surface area contributed by atoms with Gasteiger partial charge in [0.05, 0.1) is 0 Å². The number of aryl methyl sites for hydroxylation is 2. The van der Waals surface area contributed by atoms with Crippen LogP contribution in [0.3, 0.4) is 0 Å². The number of aliphatic carboxylic acids is 1. The van der Waals surface area contributed by atoms with Gasteiger partial charge < -0.3 is 9.84 Å². The summed E-state index contributed by atoms with van der Waals surface area (Å²) in [6.07, 6.45) is 0. The lowest BCUT2D eigenvalue weighted by atomic mass is 10.1. The van der Waals surface area contributed by atoms with Crippen molar-refractivity contribution in [1.29, 1.82) is 0 Å². The fourth-order valence-corrected chi connectivity index (χ4v) is 1.92. The van der Waals surface area contributed by atoms with Crippen molar-refractivity contribution in [2.24, 2.45) is 0 Å². The predicted octanol–water partition coefficient (Wildman–Crippen LogP) is 2.44. The van der Waals surface area contributed by atoms with Crippen LogP contribution < -0.4 is 10.1 Å². The number of carbonyl (C=O) groups is 1. The van der Waals surface area contributed by atoms with E-state index in [0.29, 0.717) is 0 Å². The minimum atomic E-state index is -0.893. The van der Waals surface area contributed by atoms with Crippen molar-refractivity contribution in [2.75, 3.05) is 6.61 Å². The highest BCUT2D eigenvalue weighted by Gasteiger charge is 2.19. The number of ether oxygens (including phenoxy) is 1. The molecule has 0 aliphatic rings. The summed E-state index contributed by atoms with van der Waals surface area (Å²) in [6.45, 7) is 9.96. The Morgan fingerprint density at radius 1 is 1.32 bits per heavy atom. The first-order valence-electron chi connectivity index (χ1n) is 6.50. The van der Waals surface area contributed by atoms with Gasteiger partial charge in [0.25, 0.3) is 0 Å². The second kappa shape index (κ2) is 6.57. The van der Waals surface area contributed by atoms with Crippen LogP contribution in [0, 0.1) is 20.8 Å². The second-order valence-corrected chi connectivity index (χ2v) is 5.23. The van der Waals surface area contributed by atoms with Crippen molar-refractivity contribution < 1.29 is 14.6 Å². The zero-order valence-electron chi connectivity index (χ0n) is 12.3. The minimum Gasteiger partial charge on any atom is -0.491 e. The highest BCUT2D eigenvalue weighted by atomic mass is 16.5. The molecule has 0 aromatic heterocycles. The van der Waals surface area contributed by atoms with Crippen molar-refractivity contribution in [2.45, 2.75) is 46.7 Å². The Bertz CT molecular complexity index is 455. The van der Waals surface area contributed by atoms with Crippen LogP contribution >= 0.6 is 0 Å². The molecular formula is C15H23NO3. The lowest BCUT2D eigenvalue weighted by Crippen LogP contribution is -2.44. The van der Waals surface area contributed by atoms with Crippen LogP contribution in [0.4, 0.5) is 0 Å². The normalized spacial score (nSPS) is 12.5. The van der Waals surface area contributed by atoms with Gasteiger partial charge in [0.1, 0.15) is 18.4 Å². The van der Waals surface area contributed by atoms with Crippen LogP contribution in [0.25, 0.3) is 0 Å². The van der Waals surface area contributed by atoms with E-state index in [9.17, 15) is 4.79 Å². The molecular weight excluding hydrogens is 242 g/mol. The van der Waals surface area contributed by atoms with Gasteiger partial charge in [-0.15, -0.1) is 0 Å². The standard InChI is InChI=1S/C15H23NO3/c1-9(2)16-13(15(17)18)8-19-14-7-10(3)6-11(4)12(14)5/h6-7,9,13,16H,8H2,1-5H3,(H,17,18). The molecule has 19 heavy (non-hydrogen) atoms. The van der Waals surface area contributed by atoms with Crippen molar-refractivity contribution in [3.8, 4) is 5.75 Å². The maximum absolute atomic E-state index is 11.1. The molecule has 0 radical (unpaired) electrons. The van der Waals surface area contributed by atoms with Gasteiger partial charge in [-0.05, 0) is 43.5 Å². The summed E-state index contributed by atoms with van der Waals surface area (Å²) >= 11 is 0. The molecule has 106 valence electrons. The molecule has 0 saturated heterocycles. The predicted molar refractivity (Wildman–Crippen MR) is 75.8 cm³/mol. The number of benzene rings is 1. The zero-order chi connectivity index (χ0) is 14.6. The first-order valence-corrected chi connectivity index (χ1v) is 6.50. The molecule has 0 amide bonds. The van der Waals surface area contributed by atoms with Gasteiger partial charge in [-0.1, -0.05) is 19.9 Å². The van der Waals surface area contributed by atoms with Gasteiger partial charge in [0, 0.05) is 6.04 Å². The molecule has 1 unspecified atom stereocenters. The highest BCUT2D eigenvalue weighted by Crippen LogP contribution is 2.23. The maximum Gasteiger partial charge on any atom is 0.324 e. The number of carboxylic acid groups (broad SMARTS) is 1. The van der Waals surface area contributed by atoms with E-state index >= 15 is 0 Å². The summed E-state index contributed by atoms with van der Waals surface area (Å²) in [5.74, 6) is -0.134. The summed E-state index contributed by atoms with van der Waals surface area (Å²) in [6, 6.07) is 3.44. The molecule has 0 spiro atoms. The molecule has 1 aromatic rings. The molecule has 1 rings (SSSR count). The number of carboxylic acids is 1. The molecule has 1 atom stereocenters. The Morgan fingerprint density at radius 3 is 2.47 bits per heavy atom. The molecule has 0 aliphatic carbocycles. The quantitative estimate of drug-likeness (QED) is 0.829. The van der Waals surface area contributed by atoms with Gasteiger partial charge in [0.15, 0.2) is 0 Å². The van der Waals surface area contributed by atoms with Crippen molar-refractivity contribution in [3.63, 3.8) is 0 Å². The summed E-state index contributed by atoms with van der Waals surface area (Å²) < 4.78 is 5.68. The molecule has 2 N–H and O–H groups in total. The van der Waals surface area contributed by atoms with E-state index in [1.54, 1.807) is 0 Å². The zero-order valence-corrected chi connectivity index (χ0v) is 12.3. The Kier molecular flexibility index (Phi) is 5.36. The van der Waals surface area contributed by atoms with E-state index in [2.05, 4.69) is 11.4 Å². The van der Waals surface area contributed by atoms with Crippen LogP contribution in [0.2, 0.25) is 0 Å². The van der Waals surface area contributed by atoms with Crippen molar-refractivity contribution >= 4 is 5.97 Å². The van der Waals surface area contributed by atoms with Crippen LogP contribution in [0.15, 0.2) is 12.1 Å². The monoisotopic (exact) mass is 265 g/mol. The molecule has 0 heterocycles. The Morgan fingerprint density at radius 2 is 1.95 bits per heavy atom. The van der Waals surface area contributed by atoms with Gasteiger partial charge in [-0.3, -0.25) is 10.1 Å². The molecule has 4 nitrogen and oxygen atoms in total. The topological polar surface area (TPSA) is 58.6 Å². The Labute approximate surface area is 114 Å². The summed E-state index contributed by atoms with van der Waals surface area (Å²) in [5, 5.41) is 12.1. The number of hydrogen-bond donors (Lipinski definition) is 2. The average Bonchev–Trinajstić information content (AvgIpc) is 2.29. The Balaban J connectivity index is 2.77. The van der Waals surface area contributed by atoms with Crippen LogP contribution in [0.5, 0.6) is 5.75 Å². The third kappa shape index (κ3) is 4.56. The van der Waals surface area contributed by atoms with Crippen molar-refractivity contribution in [3.05, 3.63) is 28.8 Å². The fourth-order valence-electron chi connectivity index (χ4n) is 1.92. The van der Waals surface area contributed by atoms with Gasteiger partial charge >= 0.3 is 5.97 Å². The lowest BCUT2D eigenvalue weighted by molar-refractivity contribution is -0.140. The molecule has 0 bridgehead atoms. The fraction of sp³-hybridized carbons (Fsp3) is 0.533. The molecule has 0 aliphatic heterocycles. The van der Waals surface area contributed by atoms with Gasteiger partial charge in [0.2, 0.25) is 0 Å². The number of nitrogens with one attached hydrogen (secondary N) is 1. The SMILES string of the molecule is Cc1cc(C)c(C)c(OCC(NC(C)C)C(=O)O)c1. The largest absolute Gasteiger partial charge is 0.491 e. The second-order valence-electron chi connectivity index (χ2n) is 5.23. The average molecular weight is 265 g/mol. The van der Waals surface area contributed by atoms with E-state index in [1.807, 2.05) is 40.7 Å². The lowest BCUT2D eigenvalue weighted by Gasteiger charge is -2.19. The van der Waals surface area contributed by atoms with E-state index in [-0.39, 0.29) is 12.6 Å². The number of hydrogen-bond acceptors (Lipinski definition) is 3. The third-order valence-corrected chi connectivity index (χ3v) is 3.00. The van der Waals surface area contributed by atoms with E-state index in [0.717, 1.165) is 22.4 Å². The van der Waals surface area contributed by atoms with Gasteiger partial charge in [-0.2, -0.15) is 0 Å². The highest BCUT2D eigenvalue weighted by molar-refractivity contribution is 5.73. The first kappa shape index (κ1) is 15.5. The first-order chi connectivity index (χ1) is 8.81. The Hall–Kier alpha value is -1.55. The van der Waals surface area contributed by atoms with Gasteiger partial charge in [-0.25, -0.2) is 0 Å². The minimum absolute atomic E-state index is 0.102. The smallest absolute Gasteiger partial charge is 0.324 e. The summed E-state index contributed by atoms with van der Waals surface area (Å²) in [5.41, 5.74) is 3.32. The molecule has 4 heteroatoms. The van der Waals surface area contributed by atoms with Crippen LogP contribution in [0.1, 0.15) is 30.5 Å². The molecule has 1 aromatic carbocycles. The van der Waals surface area contributed by atoms with E-state index in [1.165, 1.54) is 0 Å². The molecule has 0 saturated carbocycles.